The minimum absolute atomic E-state index is 0.295. The Kier molecular flexibility index (Phi) is 4.73. The van der Waals surface area contributed by atoms with Gasteiger partial charge in [-0.05, 0) is 54.1 Å². The lowest BCUT2D eigenvalue weighted by atomic mass is 10.1. The van der Waals surface area contributed by atoms with Crippen molar-refractivity contribution in [3.05, 3.63) is 94.5 Å². The molecule has 0 amide bonds. The second kappa shape index (κ2) is 7.55. The Bertz CT molecular complexity index is 1360. The molecule has 8 heteroatoms. The van der Waals surface area contributed by atoms with Gasteiger partial charge < -0.3 is 0 Å². The van der Waals surface area contributed by atoms with Gasteiger partial charge in [-0.2, -0.15) is 0 Å². The Morgan fingerprint density at radius 2 is 1.77 bits per heavy atom. The summed E-state index contributed by atoms with van der Waals surface area (Å²) in [6.07, 6.45) is 3.77. The van der Waals surface area contributed by atoms with Gasteiger partial charge in [0.15, 0.2) is 0 Å². The summed E-state index contributed by atoms with van der Waals surface area (Å²) in [5.74, 6) is -0.295. The predicted molar refractivity (Wildman–Crippen MR) is 115 cm³/mol. The van der Waals surface area contributed by atoms with Crippen LogP contribution in [0.3, 0.4) is 0 Å². The molecule has 3 heterocycles. The highest BCUT2D eigenvalue weighted by molar-refractivity contribution is 6.42. The van der Waals surface area contributed by atoms with Crippen LogP contribution in [0.5, 0.6) is 0 Å². The average Bonchev–Trinajstić information content (AvgIpc) is 3.35. The number of hydrogen-bond donors (Lipinski definition) is 0. The highest BCUT2D eigenvalue weighted by Crippen LogP contribution is 2.32. The molecule has 148 valence electrons. The highest BCUT2D eigenvalue weighted by atomic mass is 35.5. The van der Waals surface area contributed by atoms with E-state index in [-0.39, 0.29) is 5.82 Å². The predicted octanol–water partition coefficient (Wildman–Crippen LogP) is 5.75. The van der Waals surface area contributed by atoms with Crippen molar-refractivity contribution in [2.45, 2.75) is 6.54 Å². The largest absolute Gasteiger partial charge is 0.298 e. The number of nitrogens with zero attached hydrogens (tertiary/aromatic N) is 5. The molecule has 0 N–H and O–H groups in total. The molecule has 0 bridgehead atoms. The van der Waals surface area contributed by atoms with Crippen LogP contribution in [-0.4, -0.2) is 24.4 Å². The lowest BCUT2D eigenvalue weighted by molar-refractivity contribution is 0.628. The van der Waals surface area contributed by atoms with Gasteiger partial charge in [0.1, 0.15) is 22.9 Å². The quantitative estimate of drug-likeness (QED) is 0.359. The molecule has 0 aliphatic heterocycles. The number of halogens is 3. The molecule has 0 aliphatic carbocycles. The standard InChI is InChI=1S/C22H14Cl2FN5/c23-17-9-4-14(11-18(17)24)12-29-13-19(27-28-29)22-21(15-5-7-16(25)8-6-15)26-20-3-1-2-10-30(20)22/h1-11,13H,12H2. The van der Waals surface area contributed by atoms with Crippen LogP contribution in [0, 0.1) is 5.82 Å². The lowest BCUT2D eigenvalue weighted by Crippen LogP contribution is -2.00. The fourth-order valence-corrected chi connectivity index (χ4v) is 3.68. The van der Waals surface area contributed by atoms with Crippen LogP contribution in [0.25, 0.3) is 28.3 Å². The summed E-state index contributed by atoms with van der Waals surface area (Å²) < 4.78 is 17.1. The average molecular weight is 438 g/mol. The first-order valence-electron chi connectivity index (χ1n) is 9.16. The second-order valence-corrected chi connectivity index (χ2v) is 7.61. The molecule has 0 saturated heterocycles. The molecule has 2 aromatic carbocycles. The molecular formula is C22H14Cl2FN5. The summed E-state index contributed by atoms with van der Waals surface area (Å²) in [5, 5.41) is 9.64. The van der Waals surface area contributed by atoms with Crippen molar-refractivity contribution in [2.24, 2.45) is 0 Å². The molecule has 5 rings (SSSR count). The van der Waals surface area contributed by atoms with Crippen molar-refractivity contribution in [1.82, 2.24) is 24.4 Å². The van der Waals surface area contributed by atoms with Gasteiger partial charge in [0.25, 0.3) is 0 Å². The minimum Gasteiger partial charge on any atom is -0.298 e. The van der Waals surface area contributed by atoms with E-state index in [9.17, 15) is 4.39 Å². The van der Waals surface area contributed by atoms with Crippen molar-refractivity contribution in [2.75, 3.05) is 0 Å². The molecule has 5 aromatic rings. The monoisotopic (exact) mass is 437 g/mol. The number of fused-ring (bicyclic) bond motifs is 1. The van der Waals surface area contributed by atoms with Crippen molar-refractivity contribution < 1.29 is 4.39 Å². The number of hydrogen-bond acceptors (Lipinski definition) is 3. The molecule has 3 aromatic heterocycles. The molecule has 0 spiro atoms. The first kappa shape index (κ1) is 18.8. The summed E-state index contributed by atoms with van der Waals surface area (Å²) in [6.45, 7) is 0.493. The lowest BCUT2D eigenvalue weighted by Gasteiger charge is -2.03. The molecule has 0 atom stereocenters. The van der Waals surface area contributed by atoms with Crippen molar-refractivity contribution >= 4 is 28.8 Å². The van der Waals surface area contributed by atoms with Crippen LogP contribution in [0.1, 0.15) is 5.56 Å². The number of rotatable bonds is 4. The molecule has 0 aliphatic rings. The van der Waals surface area contributed by atoms with E-state index in [0.717, 1.165) is 22.5 Å². The van der Waals surface area contributed by atoms with Gasteiger partial charge in [-0.25, -0.2) is 14.1 Å². The van der Waals surface area contributed by atoms with Gasteiger partial charge in [-0.3, -0.25) is 4.40 Å². The number of aromatic nitrogens is 5. The van der Waals surface area contributed by atoms with Crippen molar-refractivity contribution in [3.63, 3.8) is 0 Å². The van der Waals surface area contributed by atoms with E-state index in [1.807, 2.05) is 47.1 Å². The molecule has 0 radical (unpaired) electrons. The van der Waals surface area contributed by atoms with Crippen molar-refractivity contribution in [3.8, 4) is 22.6 Å². The SMILES string of the molecule is Fc1ccc(-c2nc3ccccn3c2-c2cn(Cc3ccc(Cl)c(Cl)c3)nn2)cc1. The molecule has 0 unspecified atom stereocenters. The fourth-order valence-electron chi connectivity index (χ4n) is 3.36. The Morgan fingerprint density at radius 3 is 2.57 bits per heavy atom. The van der Waals surface area contributed by atoms with E-state index in [1.165, 1.54) is 12.1 Å². The summed E-state index contributed by atoms with van der Waals surface area (Å²) in [5.41, 5.74) is 4.69. The van der Waals surface area contributed by atoms with Crippen LogP contribution in [0.15, 0.2) is 73.1 Å². The van der Waals surface area contributed by atoms with Gasteiger partial charge in [-0.1, -0.05) is 40.5 Å². The zero-order valence-corrected chi connectivity index (χ0v) is 17.0. The molecule has 5 nitrogen and oxygen atoms in total. The van der Waals surface area contributed by atoms with Crippen LogP contribution < -0.4 is 0 Å². The minimum atomic E-state index is -0.295. The first-order chi connectivity index (χ1) is 14.6. The number of imidazole rings is 1. The zero-order valence-electron chi connectivity index (χ0n) is 15.5. The normalized spacial score (nSPS) is 11.3. The van der Waals surface area contributed by atoms with Crippen LogP contribution in [0.4, 0.5) is 4.39 Å². The Hall–Kier alpha value is -3.22. The van der Waals surface area contributed by atoms with E-state index in [4.69, 9.17) is 28.2 Å². The number of benzene rings is 2. The number of pyridine rings is 1. The van der Waals surface area contributed by atoms with Crippen molar-refractivity contribution in [1.29, 1.82) is 0 Å². The molecule has 0 fully saturated rings. The first-order valence-corrected chi connectivity index (χ1v) is 9.91. The van der Waals surface area contributed by atoms with E-state index in [2.05, 4.69) is 10.3 Å². The second-order valence-electron chi connectivity index (χ2n) is 6.79. The maximum atomic E-state index is 13.4. The third kappa shape index (κ3) is 3.44. The molecular weight excluding hydrogens is 424 g/mol. The fraction of sp³-hybridized carbons (Fsp3) is 0.0455. The third-order valence-corrected chi connectivity index (χ3v) is 5.50. The summed E-state index contributed by atoms with van der Waals surface area (Å²) in [6, 6.07) is 17.5. The smallest absolute Gasteiger partial charge is 0.137 e. The zero-order chi connectivity index (χ0) is 20.7. The van der Waals surface area contributed by atoms with Gasteiger partial charge in [-0.15, -0.1) is 5.10 Å². The van der Waals surface area contributed by atoms with Gasteiger partial charge in [0.2, 0.25) is 0 Å². The Labute approximate surface area is 181 Å². The molecule has 30 heavy (non-hydrogen) atoms. The Balaban J connectivity index is 1.58. The van der Waals surface area contributed by atoms with Crippen LogP contribution in [0.2, 0.25) is 10.0 Å². The summed E-state index contributed by atoms with van der Waals surface area (Å²) in [4.78, 5) is 4.73. The van der Waals surface area contributed by atoms with E-state index < -0.39 is 0 Å². The highest BCUT2D eigenvalue weighted by Gasteiger charge is 2.18. The van der Waals surface area contributed by atoms with Gasteiger partial charge in [0, 0.05) is 11.8 Å². The Morgan fingerprint density at radius 1 is 0.933 bits per heavy atom. The van der Waals surface area contributed by atoms with E-state index in [0.29, 0.717) is 28.0 Å². The van der Waals surface area contributed by atoms with Crippen LogP contribution in [-0.2, 0) is 6.54 Å². The topological polar surface area (TPSA) is 48.0 Å². The van der Waals surface area contributed by atoms with Gasteiger partial charge >= 0.3 is 0 Å². The van der Waals surface area contributed by atoms with E-state index in [1.54, 1.807) is 22.9 Å². The summed E-state index contributed by atoms with van der Waals surface area (Å²) >= 11 is 12.1. The van der Waals surface area contributed by atoms with Gasteiger partial charge in [0.05, 0.1) is 28.5 Å². The maximum Gasteiger partial charge on any atom is 0.137 e. The molecule has 0 saturated carbocycles. The van der Waals surface area contributed by atoms with Crippen LogP contribution >= 0.6 is 23.2 Å². The summed E-state index contributed by atoms with van der Waals surface area (Å²) in [7, 11) is 0. The van der Waals surface area contributed by atoms with E-state index >= 15 is 0 Å². The third-order valence-electron chi connectivity index (χ3n) is 4.76. The maximum absolute atomic E-state index is 13.4.